The Balaban J connectivity index is 2.30. The summed E-state index contributed by atoms with van der Waals surface area (Å²) < 4.78 is 0. The molecule has 1 aromatic carbocycles. The highest BCUT2D eigenvalue weighted by atomic mass is 16.6. The molecule has 7 heteroatoms. The predicted octanol–water partition coefficient (Wildman–Crippen LogP) is 2.55. The van der Waals surface area contributed by atoms with Gasteiger partial charge in [-0.25, -0.2) is 0 Å². The number of benzene rings is 1. The zero-order chi connectivity index (χ0) is 17.0. The minimum absolute atomic E-state index is 0.114. The summed E-state index contributed by atoms with van der Waals surface area (Å²) in [5.41, 5.74) is 1.68. The van der Waals surface area contributed by atoms with E-state index < -0.39 is 4.92 Å². The van der Waals surface area contributed by atoms with E-state index in [0.717, 1.165) is 5.56 Å². The minimum Gasteiger partial charge on any atom is -0.377 e. The summed E-state index contributed by atoms with van der Waals surface area (Å²) in [5.74, 6) is -0.360. The first-order valence-electron chi connectivity index (χ1n) is 7.06. The molecule has 0 saturated carbocycles. The lowest BCUT2D eigenvalue weighted by Gasteiger charge is -2.19. The summed E-state index contributed by atoms with van der Waals surface area (Å²) >= 11 is 0. The number of anilines is 1. The molecule has 2 aromatic rings. The second-order valence-corrected chi connectivity index (χ2v) is 5.33. The van der Waals surface area contributed by atoms with Crippen molar-refractivity contribution in [1.29, 1.82) is 0 Å². The van der Waals surface area contributed by atoms with Crippen LogP contribution < -0.4 is 10.2 Å². The second-order valence-electron chi connectivity index (χ2n) is 5.33. The summed E-state index contributed by atoms with van der Waals surface area (Å²) in [4.78, 5) is 28.7. The van der Waals surface area contributed by atoms with Gasteiger partial charge in [0.2, 0.25) is 0 Å². The Bertz CT molecular complexity index is 717. The van der Waals surface area contributed by atoms with Crippen LogP contribution in [-0.4, -0.2) is 29.9 Å². The Kier molecular flexibility index (Phi) is 4.90. The van der Waals surface area contributed by atoms with Crippen LogP contribution in [0.5, 0.6) is 0 Å². The van der Waals surface area contributed by atoms with Crippen molar-refractivity contribution in [2.45, 2.75) is 13.0 Å². The lowest BCUT2D eigenvalue weighted by atomic mass is 10.1. The lowest BCUT2D eigenvalue weighted by molar-refractivity contribution is -0.384. The number of nitro groups is 1. The number of hydrogen-bond acceptors (Lipinski definition) is 5. The van der Waals surface area contributed by atoms with Gasteiger partial charge in [0, 0.05) is 44.3 Å². The standard InChI is InChI=1S/C16H18N4O3/c1-11(12-6-8-17-9-7-12)18-16(21)14-10-13(20(22)23)4-5-15(14)19(2)3/h4-11H,1-3H3,(H,18,21). The Morgan fingerprint density at radius 2 is 1.91 bits per heavy atom. The van der Waals surface area contributed by atoms with Crippen molar-refractivity contribution >= 4 is 17.3 Å². The van der Waals surface area contributed by atoms with Gasteiger partial charge < -0.3 is 10.2 Å². The molecule has 0 radical (unpaired) electrons. The molecule has 1 unspecified atom stereocenters. The average molecular weight is 314 g/mol. The molecule has 0 saturated heterocycles. The molecule has 0 aliphatic carbocycles. The van der Waals surface area contributed by atoms with Gasteiger partial charge in [-0.2, -0.15) is 0 Å². The normalized spacial score (nSPS) is 11.6. The number of amides is 1. The fourth-order valence-corrected chi connectivity index (χ4v) is 2.22. The predicted molar refractivity (Wildman–Crippen MR) is 87.5 cm³/mol. The molecule has 1 aromatic heterocycles. The number of carbonyl (C=O) groups excluding carboxylic acids is 1. The van der Waals surface area contributed by atoms with Gasteiger partial charge in [0.05, 0.1) is 16.5 Å². The summed E-state index contributed by atoms with van der Waals surface area (Å²) in [5, 5.41) is 13.8. The molecule has 23 heavy (non-hydrogen) atoms. The molecule has 1 N–H and O–H groups in total. The summed E-state index contributed by atoms with van der Waals surface area (Å²) in [7, 11) is 3.56. The van der Waals surface area contributed by atoms with Gasteiger partial charge in [0.15, 0.2) is 0 Å². The SMILES string of the molecule is CC(NC(=O)c1cc([N+](=O)[O-])ccc1N(C)C)c1ccncc1. The first kappa shape index (κ1) is 16.4. The topological polar surface area (TPSA) is 88.4 Å². The summed E-state index contributed by atoms with van der Waals surface area (Å²) in [6, 6.07) is 7.64. The van der Waals surface area contributed by atoms with Gasteiger partial charge in [0.1, 0.15) is 0 Å². The summed E-state index contributed by atoms with van der Waals surface area (Å²) in [6.45, 7) is 1.85. The molecule has 0 fully saturated rings. The highest BCUT2D eigenvalue weighted by Gasteiger charge is 2.19. The van der Waals surface area contributed by atoms with Crippen LogP contribution in [0.25, 0.3) is 0 Å². The van der Waals surface area contributed by atoms with Crippen molar-refractivity contribution in [2.24, 2.45) is 0 Å². The van der Waals surface area contributed by atoms with Crippen LogP contribution in [0.4, 0.5) is 11.4 Å². The molecule has 0 aliphatic rings. The molecule has 1 heterocycles. The van der Waals surface area contributed by atoms with E-state index in [4.69, 9.17) is 0 Å². The maximum atomic E-state index is 12.6. The van der Waals surface area contributed by atoms with Crippen LogP contribution in [0.15, 0.2) is 42.7 Å². The fourth-order valence-electron chi connectivity index (χ4n) is 2.22. The van der Waals surface area contributed by atoms with Crippen LogP contribution in [0, 0.1) is 10.1 Å². The van der Waals surface area contributed by atoms with Crippen LogP contribution in [0.1, 0.15) is 28.9 Å². The molecule has 1 amide bonds. The van der Waals surface area contributed by atoms with E-state index in [9.17, 15) is 14.9 Å². The van der Waals surface area contributed by atoms with Crippen molar-refractivity contribution in [3.05, 3.63) is 64.0 Å². The van der Waals surface area contributed by atoms with E-state index >= 15 is 0 Å². The number of rotatable bonds is 5. The molecule has 0 bridgehead atoms. The van der Waals surface area contributed by atoms with Crippen molar-refractivity contribution in [1.82, 2.24) is 10.3 Å². The highest BCUT2D eigenvalue weighted by molar-refractivity contribution is 6.00. The van der Waals surface area contributed by atoms with Crippen molar-refractivity contribution in [3.8, 4) is 0 Å². The molecule has 0 aliphatic heterocycles. The maximum absolute atomic E-state index is 12.6. The average Bonchev–Trinajstić information content (AvgIpc) is 2.54. The quantitative estimate of drug-likeness (QED) is 0.677. The Morgan fingerprint density at radius 1 is 1.26 bits per heavy atom. The monoisotopic (exact) mass is 314 g/mol. The third-order valence-electron chi connectivity index (χ3n) is 3.47. The number of pyridine rings is 1. The van der Waals surface area contributed by atoms with Crippen LogP contribution in [0.2, 0.25) is 0 Å². The van der Waals surface area contributed by atoms with Crippen molar-refractivity contribution in [3.63, 3.8) is 0 Å². The largest absolute Gasteiger partial charge is 0.377 e. The van der Waals surface area contributed by atoms with Crippen LogP contribution >= 0.6 is 0 Å². The van der Waals surface area contributed by atoms with Crippen LogP contribution in [0.3, 0.4) is 0 Å². The van der Waals surface area contributed by atoms with Crippen molar-refractivity contribution in [2.75, 3.05) is 19.0 Å². The number of non-ortho nitro benzene ring substituents is 1. The number of carbonyl (C=O) groups is 1. The van der Waals surface area contributed by atoms with Gasteiger partial charge in [-0.15, -0.1) is 0 Å². The number of nitro benzene ring substituents is 1. The Hall–Kier alpha value is -2.96. The Labute approximate surface area is 134 Å². The maximum Gasteiger partial charge on any atom is 0.270 e. The van der Waals surface area contributed by atoms with Gasteiger partial charge in [-0.3, -0.25) is 19.9 Å². The van der Waals surface area contributed by atoms with Gasteiger partial charge in [0.25, 0.3) is 11.6 Å². The zero-order valence-electron chi connectivity index (χ0n) is 13.2. The van der Waals surface area contributed by atoms with Gasteiger partial charge >= 0.3 is 0 Å². The highest BCUT2D eigenvalue weighted by Crippen LogP contribution is 2.25. The number of nitrogens with zero attached hydrogens (tertiary/aromatic N) is 3. The van der Waals surface area contributed by atoms with Gasteiger partial charge in [-0.1, -0.05) is 0 Å². The third kappa shape index (κ3) is 3.82. The first-order valence-corrected chi connectivity index (χ1v) is 7.06. The first-order chi connectivity index (χ1) is 10.9. The lowest BCUT2D eigenvalue weighted by Crippen LogP contribution is -2.28. The number of hydrogen-bond donors (Lipinski definition) is 1. The number of aromatic nitrogens is 1. The third-order valence-corrected chi connectivity index (χ3v) is 3.47. The van der Waals surface area contributed by atoms with E-state index in [1.54, 1.807) is 37.5 Å². The molecule has 120 valence electrons. The summed E-state index contributed by atoms with van der Waals surface area (Å²) in [6.07, 6.45) is 3.30. The Morgan fingerprint density at radius 3 is 2.48 bits per heavy atom. The van der Waals surface area contributed by atoms with E-state index in [2.05, 4.69) is 10.3 Å². The molecular formula is C16H18N4O3. The molecule has 7 nitrogen and oxygen atoms in total. The van der Waals surface area contributed by atoms with Crippen molar-refractivity contribution < 1.29 is 9.72 Å². The smallest absolute Gasteiger partial charge is 0.270 e. The molecule has 0 spiro atoms. The van der Waals surface area contributed by atoms with E-state index in [0.29, 0.717) is 5.69 Å². The molecule has 1 atom stereocenters. The van der Waals surface area contributed by atoms with E-state index in [1.165, 1.54) is 12.1 Å². The van der Waals surface area contributed by atoms with E-state index in [1.807, 2.05) is 19.1 Å². The van der Waals surface area contributed by atoms with E-state index in [-0.39, 0.29) is 23.2 Å². The molecular weight excluding hydrogens is 296 g/mol. The van der Waals surface area contributed by atoms with Crippen LogP contribution in [-0.2, 0) is 0 Å². The second kappa shape index (κ2) is 6.87. The van der Waals surface area contributed by atoms with Gasteiger partial charge in [-0.05, 0) is 30.7 Å². The fraction of sp³-hybridized carbons (Fsp3) is 0.250. The minimum atomic E-state index is -0.511. The zero-order valence-corrected chi connectivity index (χ0v) is 13.2. The number of nitrogens with one attached hydrogen (secondary N) is 1. The molecule has 2 rings (SSSR count).